The average Bonchev–Trinajstić information content (AvgIpc) is 2.92. The first-order valence-electron chi connectivity index (χ1n) is 13.1. The molecule has 35 heavy (non-hydrogen) atoms. The summed E-state index contributed by atoms with van der Waals surface area (Å²) in [6.45, 7) is 13.0. The minimum Gasteiger partial charge on any atom is -0.357 e. The molecule has 1 atom stereocenters. The molecule has 1 aliphatic carbocycles. The Balaban J connectivity index is 1.91. The summed E-state index contributed by atoms with van der Waals surface area (Å²) in [5, 5.41) is 3.60. The van der Waals surface area contributed by atoms with Crippen LogP contribution in [0.5, 0.6) is 0 Å². The van der Waals surface area contributed by atoms with E-state index in [1.807, 2.05) is 29.2 Å². The average molecular weight is 473 g/mol. The highest BCUT2D eigenvalue weighted by atomic mass is 16.2. The standard InChI is InChI=1S/C31H40N2O2/c1-7-8-9-14-27(35)33-25-13-11-10-12-23(25)32-24-19-31(5,6)20-26(34)28(24)29(33)21-15-17-22(18-16-21)30(2,3)4/h10-13,15-18,29,32H,7-9,14,19-20H2,1-6H3/t29-/m1/s1. The van der Waals surface area contributed by atoms with Crippen LogP contribution in [-0.4, -0.2) is 11.7 Å². The number of Topliss-reactive ketones (excluding diaryl/α,β-unsaturated/α-hetero) is 1. The molecule has 4 nitrogen and oxygen atoms in total. The van der Waals surface area contributed by atoms with Gasteiger partial charge in [0.05, 0.1) is 17.4 Å². The molecule has 0 saturated carbocycles. The number of hydrogen-bond donors (Lipinski definition) is 1. The number of fused-ring (bicyclic) bond motifs is 1. The number of hydrogen-bond acceptors (Lipinski definition) is 3. The van der Waals surface area contributed by atoms with Crippen molar-refractivity contribution in [2.24, 2.45) is 5.41 Å². The Kier molecular flexibility index (Phi) is 6.95. The van der Waals surface area contributed by atoms with E-state index in [4.69, 9.17) is 0 Å². The van der Waals surface area contributed by atoms with E-state index >= 15 is 0 Å². The van der Waals surface area contributed by atoms with E-state index in [1.54, 1.807) is 0 Å². The third-order valence-electron chi connectivity index (χ3n) is 7.26. The number of unbranched alkanes of at least 4 members (excludes halogenated alkanes) is 2. The molecule has 1 heterocycles. The van der Waals surface area contributed by atoms with E-state index in [0.29, 0.717) is 12.8 Å². The van der Waals surface area contributed by atoms with E-state index in [1.165, 1.54) is 5.56 Å². The smallest absolute Gasteiger partial charge is 0.227 e. The molecule has 4 heteroatoms. The molecular weight excluding hydrogens is 432 g/mol. The molecule has 0 aromatic heterocycles. The number of amides is 1. The number of carbonyl (C=O) groups is 2. The Labute approximate surface area is 210 Å². The summed E-state index contributed by atoms with van der Waals surface area (Å²) in [7, 11) is 0. The number of anilines is 2. The second kappa shape index (κ2) is 9.64. The number of rotatable bonds is 5. The first-order chi connectivity index (χ1) is 16.5. The molecule has 186 valence electrons. The molecule has 2 aromatic rings. The van der Waals surface area contributed by atoms with Crippen LogP contribution in [-0.2, 0) is 15.0 Å². The summed E-state index contributed by atoms with van der Waals surface area (Å²) in [5.74, 6) is 0.205. The molecule has 1 amide bonds. The fourth-order valence-electron chi connectivity index (χ4n) is 5.39. The van der Waals surface area contributed by atoms with Gasteiger partial charge < -0.3 is 5.32 Å². The zero-order valence-corrected chi connectivity index (χ0v) is 22.2. The van der Waals surface area contributed by atoms with Gasteiger partial charge in [0.15, 0.2) is 5.78 Å². The van der Waals surface area contributed by atoms with Crippen LogP contribution in [0.4, 0.5) is 11.4 Å². The van der Waals surface area contributed by atoms with Gasteiger partial charge in [0.2, 0.25) is 5.91 Å². The number of nitrogens with zero attached hydrogens (tertiary/aromatic N) is 1. The van der Waals surface area contributed by atoms with Crippen LogP contribution in [0.25, 0.3) is 0 Å². The van der Waals surface area contributed by atoms with Crippen molar-refractivity contribution in [3.63, 3.8) is 0 Å². The van der Waals surface area contributed by atoms with Crippen molar-refractivity contribution < 1.29 is 9.59 Å². The van der Waals surface area contributed by atoms with Crippen molar-refractivity contribution in [2.75, 3.05) is 10.2 Å². The quantitative estimate of drug-likeness (QED) is 0.453. The van der Waals surface area contributed by atoms with Gasteiger partial charge in [-0.3, -0.25) is 14.5 Å². The van der Waals surface area contributed by atoms with Crippen molar-refractivity contribution in [3.05, 3.63) is 70.9 Å². The number of ketones is 1. The molecule has 0 saturated heterocycles. The van der Waals surface area contributed by atoms with E-state index in [0.717, 1.165) is 53.9 Å². The fourth-order valence-corrected chi connectivity index (χ4v) is 5.39. The van der Waals surface area contributed by atoms with Gasteiger partial charge in [0.1, 0.15) is 0 Å². The normalized spacial score (nSPS) is 19.5. The molecule has 2 aliphatic rings. The molecular formula is C31H40N2O2. The third-order valence-corrected chi connectivity index (χ3v) is 7.26. The van der Waals surface area contributed by atoms with Crippen LogP contribution in [0.2, 0.25) is 0 Å². The Morgan fingerprint density at radius 2 is 1.71 bits per heavy atom. The second-order valence-electron chi connectivity index (χ2n) is 12.0. The summed E-state index contributed by atoms with van der Waals surface area (Å²) >= 11 is 0. The number of nitrogens with one attached hydrogen (secondary N) is 1. The SMILES string of the molecule is CCCCCC(=O)N1c2ccccc2NC2=C(C(=O)CC(C)(C)C2)[C@H]1c1ccc(C(C)(C)C)cc1. The van der Waals surface area contributed by atoms with Crippen molar-refractivity contribution >= 4 is 23.1 Å². The lowest BCUT2D eigenvalue weighted by Gasteiger charge is -2.37. The summed E-state index contributed by atoms with van der Waals surface area (Å²) in [6.07, 6.45) is 4.66. The molecule has 4 rings (SSSR count). The maximum absolute atomic E-state index is 13.9. The third kappa shape index (κ3) is 5.22. The molecule has 2 aromatic carbocycles. The van der Waals surface area contributed by atoms with Gasteiger partial charge in [0, 0.05) is 24.1 Å². The molecule has 1 N–H and O–H groups in total. The summed E-state index contributed by atoms with van der Waals surface area (Å²) in [4.78, 5) is 29.5. The van der Waals surface area contributed by atoms with Crippen molar-refractivity contribution in [2.45, 2.75) is 91.5 Å². The van der Waals surface area contributed by atoms with Crippen molar-refractivity contribution in [1.82, 2.24) is 0 Å². The lowest BCUT2D eigenvalue weighted by atomic mass is 9.73. The van der Waals surface area contributed by atoms with Crippen molar-refractivity contribution in [3.8, 4) is 0 Å². The largest absolute Gasteiger partial charge is 0.357 e. The minimum absolute atomic E-state index is 0.0287. The predicted octanol–water partition coefficient (Wildman–Crippen LogP) is 7.71. The van der Waals surface area contributed by atoms with E-state index in [2.05, 4.69) is 71.1 Å². The Morgan fingerprint density at radius 3 is 2.37 bits per heavy atom. The molecule has 0 spiro atoms. The summed E-state index contributed by atoms with van der Waals surface area (Å²) in [6, 6.07) is 16.1. The Bertz CT molecular complexity index is 1140. The van der Waals surface area contributed by atoms with Gasteiger partial charge in [-0.25, -0.2) is 0 Å². The fraction of sp³-hybridized carbons (Fsp3) is 0.484. The van der Waals surface area contributed by atoms with Gasteiger partial charge in [-0.2, -0.15) is 0 Å². The van der Waals surface area contributed by atoms with Crippen LogP contribution >= 0.6 is 0 Å². The molecule has 0 fully saturated rings. The van der Waals surface area contributed by atoms with E-state index in [-0.39, 0.29) is 22.5 Å². The molecule has 0 radical (unpaired) electrons. The van der Waals surface area contributed by atoms with Crippen LogP contribution < -0.4 is 10.2 Å². The lowest BCUT2D eigenvalue weighted by Crippen LogP contribution is -2.39. The Morgan fingerprint density at radius 1 is 1.03 bits per heavy atom. The zero-order valence-electron chi connectivity index (χ0n) is 22.2. The molecule has 1 aliphatic heterocycles. The zero-order chi connectivity index (χ0) is 25.4. The lowest BCUT2D eigenvalue weighted by molar-refractivity contribution is -0.119. The molecule has 0 bridgehead atoms. The number of allylic oxidation sites excluding steroid dienone is 1. The maximum atomic E-state index is 13.9. The highest BCUT2D eigenvalue weighted by molar-refractivity contribution is 6.06. The number of benzene rings is 2. The number of carbonyl (C=O) groups excluding carboxylic acids is 2. The van der Waals surface area contributed by atoms with E-state index < -0.39 is 6.04 Å². The maximum Gasteiger partial charge on any atom is 0.227 e. The highest BCUT2D eigenvalue weighted by Crippen LogP contribution is 2.48. The van der Waals surface area contributed by atoms with Gasteiger partial charge in [-0.1, -0.05) is 90.8 Å². The first-order valence-corrected chi connectivity index (χ1v) is 13.1. The Hall–Kier alpha value is -2.88. The monoisotopic (exact) mass is 472 g/mol. The van der Waals surface area contributed by atoms with Crippen molar-refractivity contribution in [1.29, 1.82) is 0 Å². The van der Waals surface area contributed by atoms with Gasteiger partial charge >= 0.3 is 0 Å². The van der Waals surface area contributed by atoms with Crippen LogP contribution in [0, 0.1) is 5.41 Å². The van der Waals surface area contributed by atoms with Gasteiger partial charge in [0.25, 0.3) is 0 Å². The van der Waals surface area contributed by atoms with Gasteiger partial charge in [-0.05, 0) is 46.9 Å². The minimum atomic E-state index is -0.437. The second-order valence-corrected chi connectivity index (χ2v) is 12.0. The van der Waals surface area contributed by atoms with Gasteiger partial charge in [-0.15, -0.1) is 0 Å². The number of para-hydroxylation sites is 2. The predicted molar refractivity (Wildman–Crippen MR) is 145 cm³/mol. The van der Waals surface area contributed by atoms with Crippen LogP contribution in [0.3, 0.4) is 0 Å². The van der Waals surface area contributed by atoms with Crippen LogP contribution in [0.15, 0.2) is 59.8 Å². The topological polar surface area (TPSA) is 49.4 Å². The highest BCUT2D eigenvalue weighted by Gasteiger charge is 2.43. The van der Waals surface area contributed by atoms with Crippen LogP contribution in [0.1, 0.15) is 97.2 Å². The summed E-state index contributed by atoms with van der Waals surface area (Å²) in [5.41, 5.74) is 5.56. The first kappa shape index (κ1) is 25.2. The molecule has 0 unspecified atom stereocenters. The summed E-state index contributed by atoms with van der Waals surface area (Å²) < 4.78 is 0. The van der Waals surface area contributed by atoms with E-state index in [9.17, 15) is 9.59 Å².